The van der Waals surface area contributed by atoms with Gasteiger partial charge >= 0.3 is 0 Å². The molecule has 0 unspecified atom stereocenters. The highest BCUT2D eigenvalue weighted by Crippen LogP contribution is 2.29. The molecule has 0 spiro atoms. The van der Waals surface area contributed by atoms with Crippen LogP contribution < -0.4 is 5.43 Å². The highest BCUT2D eigenvalue weighted by Gasteiger charge is 2.10. The van der Waals surface area contributed by atoms with Gasteiger partial charge in [-0.2, -0.15) is 5.10 Å². The van der Waals surface area contributed by atoms with Gasteiger partial charge in [0.15, 0.2) is 0 Å². The van der Waals surface area contributed by atoms with E-state index in [0.717, 1.165) is 27.7 Å². The molecule has 4 rings (SSSR count). The van der Waals surface area contributed by atoms with Crippen molar-refractivity contribution in [1.29, 1.82) is 0 Å². The van der Waals surface area contributed by atoms with E-state index in [0.29, 0.717) is 21.0 Å². The van der Waals surface area contributed by atoms with Gasteiger partial charge in [0.25, 0.3) is 0 Å². The summed E-state index contributed by atoms with van der Waals surface area (Å²) in [4.78, 5) is 9.15. The number of hydrogen-bond donors (Lipinski definition) is 1. The highest BCUT2D eigenvalue weighted by molar-refractivity contribution is 6.36. The summed E-state index contributed by atoms with van der Waals surface area (Å²) in [5, 5.41) is 6.79. The molecular weight excluding hydrogens is 415 g/mol. The second-order valence-corrected chi connectivity index (χ2v) is 7.24. The van der Waals surface area contributed by atoms with E-state index in [1.54, 1.807) is 30.5 Å². The van der Waals surface area contributed by atoms with E-state index in [9.17, 15) is 0 Å². The zero-order chi connectivity index (χ0) is 19.5. The lowest BCUT2D eigenvalue weighted by molar-refractivity contribution is 1.16. The van der Waals surface area contributed by atoms with Gasteiger partial charge in [0.1, 0.15) is 0 Å². The lowest BCUT2D eigenvalue weighted by Gasteiger charge is -2.09. The summed E-state index contributed by atoms with van der Waals surface area (Å²) in [5.41, 5.74) is 6.11. The van der Waals surface area contributed by atoms with Gasteiger partial charge in [0, 0.05) is 26.6 Å². The summed E-state index contributed by atoms with van der Waals surface area (Å²) in [6, 6.07) is 20.6. The molecular formula is C21H13Cl3N4. The molecule has 0 bridgehead atoms. The minimum atomic E-state index is 0.370. The van der Waals surface area contributed by atoms with Crippen molar-refractivity contribution < 1.29 is 0 Å². The third-order valence-electron chi connectivity index (χ3n) is 4.04. The Kier molecular flexibility index (Phi) is 5.44. The SMILES string of the molecule is Clc1ccc(/C=N\Nc2nc(-c3ccccc3)c3cc(Cl)ccc3n2)c(Cl)c1. The van der Waals surface area contributed by atoms with Crippen molar-refractivity contribution in [2.24, 2.45) is 5.10 Å². The van der Waals surface area contributed by atoms with Crippen molar-refractivity contribution in [2.75, 3.05) is 5.43 Å². The van der Waals surface area contributed by atoms with Crippen LogP contribution in [-0.4, -0.2) is 16.2 Å². The van der Waals surface area contributed by atoms with Gasteiger partial charge in [0.05, 0.1) is 22.4 Å². The summed E-state index contributed by atoms with van der Waals surface area (Å²) >= 11 is 18.3. The monoisotopic (exact) mass is 426 g/mol. The van der Waals surface area contributed by atoms with Crippen molar-refractivity contribution in [3.05, 3.63) is 87.4 Å². The molecule has 4 aromatic rings. The number of fused-ring (bicyclic) bond motifs is 1. The van der Waals surface area contributed by atoms with Crippen LogP contribution in [0, 0.1) is 0 Å². The van der Waals surface area contributed by atoms with E-state index in [-0.39, 0.29) is 0 Å². The summed E-state index contributed by atoms with van der Waals surface area (Å²) in [7, 11) is 0. The number of nitrogens with zero attached hydrogens (tertiary/aromatic N) is 3. The van der Waals surface area contributed by atoms with Crippen LogP contribution in [0.3, 0.4) is 0 Å². The highest BCUT2D eigenvalue weighted by atomic mass is 35.5. The molecule has 28 heavy (non-hydrogen) atoms. The molecule has 0 aliphatic heterocycles. The fraction of sp³-hybridized carbons (Fsp3) is 0. The maximum absolute atomic E-state index is 6.18. The zero-order valence-corrected chi connectivity index (χ0v) is 16.7. The average molecular weight is 428 g/mol. The standard InChI is InChI=1S/C21H13Cl3N4/c22-15-8-9-19-17(10-15)20(13-4-2-1-3-5-13)27-21(26-19)28-25-12-14-6-7-16(23)11-18(14)24/h1-12H,(H,26,27,28)/b25-12-. The first-order valence-electron chi connectivity index (χ1n) is 8.37. The van der Waals surface area contributed by atoms with Gasteiger partial charge < -0.3 is 0 Å². The third kappa shape index (κ3) is 4.09. The van der Waals surface area contributed by atoms with Gasteiger partial charge in [-0.15, -0.1) is 0 Å². The number of hydrogen-bond acceptors (Lipinski definition) is 4. The summed E-state index contributed by atoms with van der Waals surface area (Å²) in [6.07, 6.45) is 1.59. The van der Waals surface area contributed by atoms with Crippen LogP contribution in [0.1, 0.15) is 5.56 Å². The Morgan fingerprint density at radius 1 is 0.821 bits per heavy atom. The normalized spacial score (nSPS) is 11.2. The topological polar surface area (TPSA) is 50.2 Å². The molecule has 138 valence electrons. The Labute approximate surface area is 176 Å². The van der Waals surface area contributed by atoms with Gasteiger partial charge in [-0.3, -0.25) is 0 Å². The van der Waals surface area contributed by atoms with Crippen LogP contribution in [0.25, 0.3) is 22.2 Å². The van der Waals surface area contributed by atoms with Crippen LogP contribution >= 0.6 is 34.8 Å². The Hall–Kier alpha value is -2.66. The lowest BCUT2D eigenvalue weighted by atomic mass is 10.1. The molecule has 0 radical (unpaired) electrons. The Balaban J connectivity index is 1.71. The third-order valence-corrected chi connectivity index (χ3v) is 4.83. The van der Waals surface area contributed by atoms with Gasteiger partial charge in [0.2, 0.25) is 5.95 Å². The smallest absolute Gasteiger partial charge is 0.244 e. The van der Waals surface area contributed by atoms with Crippen molar-refractivity contribution in [3.8, 4) is 11.3 Å². The second-order valence-electron chi connectivity index (χ2n) is 5.96. The number of rotatable bonds is 4. The summed E-state index contributed by atoms with van der Waals surface area (Å²) in [5.74, 6) is 0.370. The molecule has 1 aromatic heterocycles. The Morgan fingerprint density at radius 2 is 1.57 bits per heavy atom. The number of hydrazone groups is 1. The first-order chi connectivity index (χ1) is 13.6. The first kappa shape index (κ1) is 18.7. The molecule has 3 aromatic carbocycles. The van der Waals surface area contributed by atoms with E-state index in [1.807, 2.05) is 42.5 Å². The second kappa shape index (κ2) is 8.15. The molecule has 1 heterocycles. The number of halogens is 3. The number of nitrogens with one attached hydrogen (secondary N) is 1. The quantitative estimate of drug-likeness (QED) is 0.291. The molecule has 1 N–H and O–H groups in total. The van der Waals surface area contributed by atoms with E-state index in [2.05, 4.69) is 20.5 Å². The molecule has 0 fully saturated rings. The van der Waals surface area contributed by atoms with E-state index in [4.69, 9.17) is 34.8 Å². The number of benzene rings is 3. The molecule has 0 aliphatic carbocycles. The molecule has 0 amide bonds. The number of anilines is 1. The predicted molar refractivity (Wildman–Crippen MR) is 118 cm³/mol. The van der Waals surface area contributed by atoms with Crippen molar-refractivity contribution in [1.82, 2.24) is 9.97 Å². The van der Waals surface area contributed by atoms with Crippen LogP contribution in [0.15, 0.2) is 71.8 Å². The fourth-order valence-electron chi connectivity index (χ4n) is 2.73. The molecule has 0 saturated heterocycles. The molecule has 0 saturated carbocycles. The van der Waals surface area contributed by atoms with Gasteiger partial charge in [-0.1, -0.05) is 71.2 Å². The fourth-order valence-corrected chi connectivity index (χ4v) is 3.36. The summed E-state index contributed by atoms with van der Waals surface area (Å²) in [6.45, 7) is 0. The van der Waals surface area contributed by atoms with Crippen LogP contribution in [0.4, 0.5) is 5.95 Å². The van der Waals surface area contributed by atoms with Gasteiger partial charge in [-0.25, -0.2) is 15.4 Å². The molecule has 4 nitrogen and oxygen atoms in total. The van der Waals surface area contributed by atoms with E-state index < -0.39 is 0 Å². The predicted octanol–water partition coefficient (Wildman–Crippen LogP) is 6.70. The maximum Gasteiger partial charge on any atom is 0.244 e. The minimum Gasteiger partial charge on any atom is -0.245 e. The maximum atomic E-state index is 6.18. The molecule has 0 aliphatic rings. The average Bonchev–Trinajstić information content (AvgIpc) is 2.70. The lowest BCUT2D eigenvalue weighted by Crippen LogP contribution is -2.00. The largest absolute Gasteiger partial charge is 0.245 e. The van der Waals surface area contributed by atoms with E-state index in [1.165, 1.54) is 0 Å². The van der Waals surface area contributed by atoms with Gasteiger partial charge in [-0.05, 0) is 30.3 Å². The first-order valence-corrected chi connectivity index (χ1v) is 9.50. The number of aromatic nitrogens is 2. The molecule has 7 heteroatoms. The zero-order valence-electron chi connectivity index (χ0n) is 14.4. The van der Waals surface area contributed by atoms with Crippen LogP contribution in [0.5, 0.6) is 0 Å². The van der Waals surface area contributed by atoms with Crippen molar-refractivity contribution >= 4 is 57.9 Å². The van der Waals surface area contributed by atoms with Crippen LogP contribution in [-0.2, 0) is 0 Å². The van der Waals surface area contributed by atoms with Crippen molar-refractivity contribution in [3.63, 3.8) is 0 Å². The minimum absolute atomic E-state index is 0.370. The molecule has 0 atom stereocenters. The van der Waals surface area contributed by atoms with E-state index >= 15 is 0 Å². The Bertz CT molecular complexity index is 1180. The van der Waals surface area contributed by atoms with Crippen molar-refractivity contribution in [2.45, 2.75) is 0 Å². The summed E-state index contributed by atoms with van der Waals surface area (Å²) < 4.78 is 0. The van der Waals surface area contributed by atoms with Crippen LogP contribution in [0.2, 0.25) is 15.1 Å². The Morgan fingerprint density at radius 3 is 2.36 bits per heavy atom.